The molecule has 170 valence electrons. The lowest BCUT2D eigenvalue weighted by Gasteiger charge is -2.46. The minimum absolute atomic E-state index is 0.0107. The van der Waals surface area contributed by atoms with E-state index in [0.29, 0.717) is 12.2 Å². The minimum Gasteiger partial charge on any atom is -0.444 e. The van der Waals surface area contributed by atoms with E-state index in [2.05, 4.69) is 5.10 Å². The van der Waals surface area contributed by atoms with Crippen molar-refractivity contribution >= 4 is 33.9 Å². The molecule has 1 aliphatic heterocycles. The third-order valence-corrected chi connectivity index (χ3v) is 6.22. The van der Waals surface area contributed by atoms with Crippen LogP contribution in [0.5, 0.6) is 0 Å². The minimum atomic E-state index is -2.85. The molecule has 1 aliphatic rings. The number of halogens is 1. The summed E-state index contributed by atoms with van der Waals surface area (Å²) in [6, 6.07) is 7.00. The summed E-state index contributed by atoms with van der Waals surface area (Å²) in [5.74, 6) is 0.279. The number of likely N-dealkylation sites (tertiary alicyclic amines) is 1. The Morgan fingerprint density at radius 2 is 1.97 bits per heavy atom. The van der Waals surface area contributed by atoms with Crippen molar-refractivity contribution in [3.63, 3.8) is 0 Å². The highest BCUT2D eigenvalue weighted by molar-refractivity contribution is 7.72. The average molecular weight is 479 g/mol. The quantitative estimate of drug-likeness (QED) is 0.580. The molecule has 1 amide bonds. The van der Waals surface area contributed by atoms with E-state index in [4.69, 9.17) is 16.3 Å². The number of ether oxygens (including phenoxy) is 1. The van der Waals surface area contributed by atoms with Gasteiger partial charge >= 0.3 is 6.09 Å². The molecule has 1 fully saturated rings. The Balaban J connectivity index is 1.93. The van der Waals surface area contributed by atoms with E-state index in [0.717, 1.165) is 0 Å². The number of thiol groups is 1. The number of carbonyl (C=O) groups is 1. The van der Waals surface area contributed by atoms with Crippen molar-refractivity contribution in [3.8, 4) is 5.69 Å². The van der Waals surface area contributed by atoms with Crippen molar-refractivity contribution in [2.45, 2.75) is 44.2 Å². The maximum Gasteiger partial charge on any atom is 0.410 e. The van der Waals surface area contributed by atoms with E-state index in [1.54, 1.807) is 45.2 Å². The molecule has 0 spiro atoms. The zero-order valence-electron chi connectivity index (χ0n) is 18.0. The molecule has 2 aromatic heterocycles. The SMILES string of the molecule is C[C@H]1CN(C(=O)OC(C)(C)C)[C@@H]1c1nn2ccc(Cl)c2c(=O)n1-c1cccc([SH](=O)=O)c1. The number of benzene rings is 1. The molecule has 0 radical (unpaired) electrons. The van der Waals surface area contributed by atoms with Gasteiger partial charge < -0.3 is 4.74 Å². The van der Waals surface area contributed by atoms with Crippen LogP contribution in [0.25, 0.3) is 11.2 Å². The molecule has 1 aromatic carbocycles. The zero-order valence-corrected chi connectivity index (χ0v) is 19.6. The standard InChI is InChI=1S/C21H23ClN4O5S/c1-12-11-24(20(28)31-21(2,3)4)16(12)18-23-25-9-8-15(22)17(25)19(27)26(18)13-6-5-7-14(10-13)32(29)30/h5-10,12,16,32H,11H2,1-4H3/t12-,16-/m0/s1. The lowest BCUT2D eigenvalue weighted by atomic mass is 9.90. The Labute approximate surface area is 191 Å². The fourth-order valence-corrected chi connectivity index (χ4v) is 4.50. The molecule has 0 aliphatic carbocycles. The summed E-state index contributed by atoms with van der Waals surface area (Å²) in [6.45, 7) is 7.72. The summed E-state index contributed by atoms with van der Waals surface area (Å²) in [4.78, 5) is 27.9. The van der Waals surface area contributed by atoms with Crippen LogP contribution < -0.4 is 5.56 Å². The summed E-state index contributed by atoms with van der Waals surface area (Å²) in [6.07, 6.45) is 1.06. The number of aromatic nitrogens is 3. The second kappa shape index (κ2) is 7.93. The van der Waals surface area contributed by atoms with Crippen molar-refractivity contribution in [2.24, 2.45) is 5.92 Å². The van der Waals surface area contributed by atoms with E-state index in [1.165, 1.54) is 26.1 Å². The molecular formula is C21H23ClN4O5S. The summed E-state index contributed by atoms with van der Waals surface area (Å²) in [7, 11) is -2.85. The van der Waals surface area contributed by atoms with Crippen LogP contribution in [0.1, 0.15) is 39.6 Å². The lowest BCUT2D eigenvalue weighted by molar-refractivity contribution is -0.0303. The molecule has 0 saturated carbocycles. The van der Waals surface area contributed by atoms with Crippen LogP contribution in [-0.4, -0.2) is 45.7 Å². The molecule has 9 nitrogen and oxygen atoms in total. The number of rotatable bonds is 3. The average Bonchev–Trinajstić information content (AvgIpc) is 3.05. The van der Waals surface area contributed by atoms with Gasteiger partial charge in [-0.05, 0) is 45.0 Å². The van der Waals surface area contributed by atoms with Crippen molar-refractivity contribution in [3.05, 3.63) is 57.7 Å². The summed E-state index contributed by atoms with van der Waals surface area (Å²) < 4.78 is 31.3. The normalized spacial score (nSPS) is 18.8. The third-order valence-electron chi connectivity index (χ3n) is 5.21. The summed E-state index contributed by atoms with van der Waals surface area (Å²) >= 11 is 6.22. The summed E-state index contributed by atoms with van der Waals surface area (Å²) in [5.41, 5.74) is -0.675. The van der Waals surface area contributed by atoms with Gasteiger partial charge in [0.1, 0.15) is 11.1 Å². The van der Waals surface area contributed by atoms with Crippen molar-refractivity contribution < 1.29 is 17.9 Å². The first kappa shape index (κ1) is 22.3. The van der Waals surface area contributed by atoms with Gasteiger partial charge in [0.25, 0.3) is 5.56 Å². The van der Waals surface area contributed by atoms with Gasteiger partial charge in [0.15, 0.2) is 16.5 Å². The molecule has 1 saturated heterocycles. The van der Waals surface area contributed by atoms with E-state index in [-0.39, 0.29) is 27.2 Å². The Morgan fingerprint density at radius 3 is 2.59 bits per heavy atom. The molecule has 4 rings (SSSR count). The van der Waals surface area contributed by atoms with Crippen LogP contribution in [0.4, 0.5) is 4.79 Å². The highest BCUT2D eigenvalue weighted by Crippen LogP contribution is 2.39. The topological polar surface area (TPSA) is 103 Å². The fourth-order valence-electron chi connectivity index (χ4n) is 3.83. The monoisotopic (exact) mass is 478 g/mol. The Kier molecular flexibility index (Phi) is 5.54. The van der Waals surface area contributed by atoms with Gasteiger partial charge in [-0.15, -0.1) is 0 Å². The molecule has 32 heavy (non-hydrogen) atoms. The molecule has 0 N–H and O–H groups in total. The number of amides is 1. The second-order valence-electron chi connectivity index (χ2n) is 8.79. The highest BCUT2D eigenvalue weighted by Gasteiger charge is 2.45. The molecule has 11 heteroatoms. The van der Waals surface area contributed by atoms with Crippen molar-refractivity contribution in [1.82, 2.24) is 19.1 Å². The van der Waals surface area contributed by atoms with Gasteiger partial charge in [-0.25, -0.2) is 17.7 Å². The van der Waals surface area contributed by atoms with E-state index >= 15 is 0 Å². The largest absolute Gasteiger partial charge is 0.444 e. The van der Waals surface area contributed by atoms with E-state index in [1.807, 2.05) is 6.92 Å². The van der Waals surface area contributed by atoms with Crippen LogP contribution in [-0.2, 0) is 15.4 Å². The number of nitrogens with zero attached hydrogens (tertiary/aromatic N) is 4. The first-order valence-corrected chi connectivity index (χ1v) is 11.6. The van der Waals surface area contributed by atoms with Gasteiger partial charge in [-0.2, -0.15) is 5.10 Å². The van der Waals surface area contributed by atoms with E-state index < -0.39 is 34.0 Å². The maximum atomic E-state index is 13.5. The summed E-state index contributed by atoms with van der Waals surface area (Å²) in [5, 5.41) is 4.83. The molecular weight excluding hydrogens is 456 g/mol. The van der Waals surface area contributed by atoms with Crippen LogP contribution in [0.15, 0.2) is 46.2 Å². The second-order valence-corrected chi connectivity index (χ2v) is 10.2. The van der Waals surface area contributed by atoms with Crippen molar-refractivity contribution in [2.75, 3.05) is 6.54 Å². The fraction of sp³-hybridized carbons (Fsp3) is 0.381. The molecule has 0 bridgehead atoms. The first-order chi connectivity index (χ1) is 15.0. The Hall–Kier alpha value is -2.85. The predicted molar refractivity (Wildman–Crippen MR) is 119 cm³/mol. The molecule has 3 aromatic rings. The van der Waals surface area contributed by atoms with Crippen LogP contribution in [0.2, 0.25) is 5.02 Å². The van der Waals surface area contributed by atoms with Gasteiger partial charge in [0, 0.05) is 18.7 Å². The van der Waals surface area contributed by atoms with Gasteiger partial charge in [-0.1, -0.05) is 24.6 Å². The number of fused-ring (bicyclic) bond motifs is 1. The smallest absolute Gasteiger partial charge is 0.410 e. The van der Waals surface area contributed by atoms with Crippen LogP contribution in [0.3, 0.4) is 0 Å². The van der Waals surface area contributed by atoms with Gasteiger partial charge in [0.2, 0.25) is 0 Å². The number of hydrogen-bond acceptors (Lipinski definition) is 6. The molecule has 3 heterocycles. The van der Waals surface area contributed by atoms with Gasteiger partial charge in [-0.3, -0.25) is 14.3 Å². The zero-order chi connectivity index (χ0) is 23.4. The van der Waals surface area contributed by atoms with Gasteiger partial charge in [0.05, 0.1) is 21.6 Å². The first-order valence-electron chi connectivity index (χ1n) is 10.0. The van der Waals surface area contributed by atoms with Crippen LogP contribution >= 0.6 is 11.6 Å². The maximum absolute atomic E-state index is 13.5. The predicted octanol–water partition coefficient (Wildman–Crippen LogP) is 3.04. The molecule has 2 atom stereocenters. The van der Waals surface area contributed by atoms with Crippen molar-refractivity contribution in [1.29, 1.82) is 0 Å². The molecule has 0 unspecified atom stereocenters. The number of hydrogen-bond donors (Lipinski definition) is 1. The van der Waals surface area contributed by atoms with Crippen LogP contribution in [0, 0.1) is 5.92 Å². The third kappa shape index (κ3) is 3.88. The van der Waals surface area contributed by atoms with E-state index in [9.17, 15) is 18.0 Å². The lowest BCUT2D eigenvalue weighted by Crippen LogP contribution is -2.54. The Morgan fingerprint density at radius 1 is 1.25 bits per heavy atom. The Bertz CT molecular complexity index is 1350. The number of carbonyl (C=O) groups excluding carboxylic acids is 1. The highest BCUT2D eigenvalue weighted by atomic mass is 35.5.